The fraction of sp³-hybridized carbons (Fsp3) is 0.625. The molecule has 2 amide bonds. The van der Waals surface area contributed by atoms with Gasteiger partial charge in [0.05, 0.1) is 44.4 Å². The van der Waals surface area contributed by atoms with Crippen LogP contribution in [0.15, 0.2) is 23.4 Å². The minimum absolute atomic E-state index is 0.0272. The molecule has 1 aromatic carbocycles. The predicted molar refractivity (Wildman–Crippen MR) is 126 cm³/mol. The van der Waals surface area contributed by atoms with E-state index in [1.807, 2.05) is 0 Å². The topological polar surface area (TPSA) is 119 Å². The molecule has 1 saturated heterocycles. The zero-order valence-electron chi connectivity index (χ0n) is 21.3. The van der Waals surface area contributed by atoms with E-state index < -0.39 is 41.5 Å². The van der Waals surface area contributed by atoms with Gasteiger partial charge in [0, 0.05) is 25.8 Å². The number of carbonyl (C=O) groups is 2. The summed E-state index contributed by atoms with van der Waals surface area (Å²) >= 11 is 0. The zero-order chi connectivity index (χ0) is 26.3. The zero-order valence-corrected chi connectivity index (χ0v) is 21.3. The minimum atomic E-state index is -0.703. The van der Waals surface area contributed by atoms with Crippen LogP contribution in [0, 0.1) is 11.7 Å². The summed E-state index contributed by atoms with van der Waals surface area (Å²) in [5.41, 5.74) is -0.718. The van der Waals surface area contributed by atoms with Gasteiger partial charge in [-0.3, -0.25) is 9.69 Å². The van der Waals surface area contributed by atoms with Crippen LogP contribution >= 0.6 is 0 Å². The standard InChI is InChI=1S/C24H36FN3O7/c1-14(22(29)26-12-19(27-31)17-9-8-15(32-5)10-18(17)25)21(34-7)20-11-16(33-6)13-28(20)23(30)35-24(2,3)4/h8-10,14,16,20-21,31H,11-13H2,1-7H3,(H,26,29)/t14-,16-,20+,21-/m1/s1. The first-order chi connectivity index (χ1) is 16.4. The van der Waals surface area contributed by atoms with Crippen molar-refractivity contribution in [1.82, 2.24) is 10.2 Å². The van der Waals surface area contributed by atoms with E-state index in [-0.39, 0.29) is 23.9 Å². The summed E-state index contributed by atoms with van der Waals surface area (Å²) in [7, 11) is 4.44. The third-order valence-corrected chi connectivity index (χ3v) is 5.86. The SMILES string of the molecule is COc1ccc(C(CNC(=O)[C@H](C)[C@@H](OC)[C@@H]2C[C@@H](OC)CN2C(=O)OC(C)(C)C)=NO)c(F)c1. The first kappa shape index (κ1) is 28.3. The average Bonchev–Trinajstić information content (AvgIpc) is 3.23. The number of amides is 2. The highest BCUT2D eigenvalue weighted by Gasteiger charge is 2.45. The van der Waals surface area contributed by atoms with Crippen molar-refractivity contribution in [2.24, 2.45) is 11.1 Å². The second kappa shape index (κ2) is 12.2. The number of benzene rings is 1. The molecule has 11 heteroatoms. The Balaban J connectivity index is 2.13. The van der Waals surface area contributed by atoms with Gasteiger partial charge < -0.3 is 29.5 Å². The molecule has 0 aliphatic carbocycles. The number of hydrogen-bond donors (Lipinski definition) is 2. The van der Waals surface area contributed by atoms with Crippen LogP contribution in [0.2, 0.25) is 0 Å². The third-order valence-electron chi connectivity index (χ3n) is 5.86. The lowest BCUT2D eigenvalue weighted by Crippen LogP contribution is -2.51. The lowest BCUT2D eigenvalue weighted by molar-refractivity contribution is -0.130. The molecule has 4 atom stereocenters. The Morgan fingerprint density at radius 3 is 2.49 bits per heavy atom. The number of carbonyl (C=O) groups excluding carboxylic acids is 2. The van der Waals surface area contributed by atoms with Crippen molar-refractivity contribution in [3.05, 3.63) is 29.6 Å². The van der Waals surface area contributed by atoms with Crippen molar-refractivity contribution in [2.75, 3.05) is 34.4 Å². The minimum Gasteiger partial charge on any atom is -0.497 e. The molecule has 0 spiro atoms. The molecule has 1 aliphatic heterocycles. The average molecular weight is 498 g/mol. The number of methoxy groups -OCH3 is 3. The second-order valence-electron chi connectivity index (χ2n) is 9.39. The van der Waals surface area contributed by atoms with Gasteiger partial charge in [-0.05, 0) is 39.3 Å². The van der Waals surface area contributed by atoms with Crippen LogP contribution in [-0.2, 0) is 19.0 Å². The summed E-state index contributed by atoms with van der Waals surface area (Å²) in [4.78, 5) is 27.4. The molecule has 2 rings (SSSR count). The van der Waals surface area contributed by atoms with Crippen molar-refractivity contribution in [3.63, 3.8) is 0 Å². The summed E-state index contributed by atoms with van der Waals surface area (Å²) in [6, 6.07) is 3.61. The number of nitrogens with one attached hydrogen (secondary N) is 1. The van der Waals surface area contributed by atoms with Crippen molar-refractivity contribution in [2.45, 2.75) is 58.0 Å². The Hall–Kier alpha value is -2.92. The van der Waals surface area contributed by atoms with Gasteiger partial charge >= 0.3 is 6.09 Å². The van der Waals surface area contributed by atoms with E-state index in [0.29, 0.717) is 18.7 Å². The van der Waals surface area contributed by atoms with Gasteiger partial charge in [0.1, 0.15) is 22.9 Å². The molecule has 2 N–H and O–H groups in total. The maximum absolute atomic E-state index is 14.4. The van der Waals surface area contributed by atoms with Crippen molar-refractivity contribution >= 4 is 17.7 Å². The maximum atomic E-state index is 14.4. The Morgan fingerprint density at radius 2 is 1.97 bits per heavy atom. The summed E-state index contributed by atoms with van der Waals surface area (Å²) in [6.45, 7) is 7.09. The van der Waals surface area contributed by atoms with Crippen LogP contribution in [0.5, 0.6) is 5.75 Å². The monoisotopic (exact) mass is 497 g/mol. The number of rotatable bonds is 9. The first-order valence-corrected chi connectivity index (χ1v) is 11.3. The van der Waals surface area contributed by atoms with Crippen molar-refractivity contribution in [3.8, 4) is 5.75 Å². The normalized spacial score (nSPS) is 20.3. The molecular weight excluding hydrogens is 461 g/mol. The van der Waals surface area contributed by atoms with E-state index >= 15 is 0 Å². The first-order valence-electron chi connectivity index (χ1n) is 11.3. The highest BCUT2D eigenvalue weighted by molar-refractivity contribution is 6.03. The molecule has 1 fully saturated rings. The van der Waals surface area contributed by atoms with E-state index in [1.54, 1.807) is 34.8 Å². The summed E-state index contributed by atoms with van der Waals surface area (Å²) in [6.07, 6.45) is -0.949. The third kappa shape index (κ3) is 7.28. The molecule has 0 unspecified atom stereocenters. The Kier molecular flexibility index (Phi) is 9.84. The van der Waals surface area contributed by atoms with E-state index in [4.69, 9.17) is 18.9 Å². The molecule has 10 nitrogen and oxygen atoms in total. The molecule has 196 valence electrons. The van der Waals surface area contributed by atoms with Gasteiger partial charge in [-0.2, -0.15) is 0 Å². The van der Waals surface area contributed by atoms with Gasteiger partial charge in [-0.25, -0.2) is 9.18 Å². The van der Waals surface area contributed by atoms with Crippen molar-refractivity contribution < 1.29 is 38.1 Å². The number of nitrogens with zero attached hydrogens (tertiary/aromatic N) is 2. The lowest BCUT2D eigenvalue weighted by atomic mass is 9.94. The second-order valence-corrected chi connectivity index (χ2v) is 9.39. The maximum Gasteiger partial charge on any atom is 0.410 e. The fourth-order valence-corrected chi connectivity index (χ4v) is 4.06. The van der Waals surface area contributed by atoms with Crippen LogP contribution in [0.4, 0.5) is 9.18 Å². The van der Waals surface area contributed by atoms with Gasteiger partial charge in [0.2, 0.25) is 5.91 Å². The molecule has 0 radical (unpaired) electrons. The molecule has 1 heterocycles. The molecular formula is C24H36FN3O7. The predicted octanol–water partition coefficient (Wildman–Crippen LogP) is 2.80. The van der Waals surface area contributed by atoms with Crippen molar-refractivity contribution in [1.29, 1.82) is 0 Å². The van der Waals surface area contributed by atoms with Crippen LogP contribution < -0.4 is 10.1 Å². The van der Waals surface area contributed by atoms with E-state index in [2.05, 4.69) is 10.5 Å². The number of likely N-dealkylation sites (tertiary alicyclic amines) is 1. The summed E-state index contributed by atoms with van der Waals surface area (Å²) in [5.74, 6) is -1.47. The van der Waals surface area contributed by atoms with Crippen LogP contribution in [0.25, 0.3) is 0 Å². The van der Waals surface area contributed by atoms with E-state index in [0.717, 1.165) is 6.07 Å². The molecule has 0 bridgehead atoms. The van der Waals surface area contributed by atoms with Gasteiger partial charge in [0.15, 0.2) is 0 Å². The Morgan fingerprint density at radius 1 is 1.29 bits per heavy atom. The molecule has 0 saturated carbocycles. The summed E-state index contributed by atoms with van der Waals surface area (Å²) in [5, 5.41) is 15.2. The Bertz CT molecular complexity index is 919. The van der Waals surface area contributed by atoms with E-state index in [9.17, 15) is 19.2 Å². The number of halogens is 1. The number of oxime groups is 1. The lowest BCUT2D eigenvalue weighted by Gasteiger charge is -2.34. The molecule has 1 aliphatic rings. The number of ether oxygens (including phenoxy) is 4. The van der Waals surface area contributed by atoms with Crippen LogP contribution in [0.1, 0.15) is 39.7 Å². The Labute approximate surface area is 205 Å². The highest BCUT2D eigenvalue weighted by Crippen LogP contribution is 2.29. The van der Waals surface area contributed by atoms with Gasteiger partial charge in [-0.1, -0.05) is 12.1 Å². The summed E-state index contributed by atoms with van der Waals surface area (Å²) < 4.78 is 36.0. The van der Waals surface area contributed by atoms with Gasteiger partial charge in [0.25, 0.3) is 0 Å². The quantitative estimate of drug-likeness (QED) is 0.306. The number of hydrogen-bond acceptors (Lipinski definition) is 8. The molecule has 1 aromatic rings. The highest BCUT2D eigenvalue weighted by atomic mass is 19.1. The molecule has 35 heavy (non-hydrogen) atoms. The van der Waals surface area contributed by atoms with E-state index in [1.165, 1.54) is 31.3 Å². The molecule has 0 aromatic heterocycles. The van der Waals surface area contributed by atoms with Crippen LogP contribution in [-0.4, -0.2) is 86.1 Å². The van der Waals surface area contributed by atoms with Crippen LogP contribution in [0.3, 0.4) is 0 Å². The van der Waals surface area contributed by atoms with Gasteiger partial charge in [-0.15, -0.1) is 0 Å². The fourth-order valence-electron chi connectivity index (χ4n) is 4.06. The smallest absolute Gasteiger partial charge is 0.410 e. The largest absolute Gasteiger partial charge is 0.497 e.